The molecule has 0 unspecified atom stereocenters. The Labute approximate surface area is 146 Å². The number of halogens is 1. The van der Waals surface area contributed by atoms with Gasteiger partial charge in [0.25, 0.3) is 5.91 Å². The number of hydrogen-bond donors (Lipinski definition) is 0. The Morgan fingerprint density at radius 2 is 2.12 bits per heavy atom. The zero-order valence-corrected chi connectivity index (χ0v) is 14.7. The van der Waals surface area contributed by atoms with Gasteiger partial charge in [-0.05, 0) is 26.1 Å². The molecule has 2 aromatic rings. The molecule has 6 nitrogen and oxygen atoms in total. The van der Waals surface area contributed by atoms with Crippen molar-refractivity contribution in [2.45, 2.75) is 13.0 Å². The lowest BCUT2D eigenvalue weighted by Crippen LogP contribution is -2.45. The number of rotatable bonds is 1. The molecule has 0 saturated carbocycles. The SMILES string of the molecule is Cc1nc2ccc(Cl)cn2c1C(=O)N1C[C@@H]2COC[C@H](C1)N(C)C2. The first-order chi connectivity index (χ1) is 11.5. The summed E-state index contributed by atoms with van der Waals surface area (Å²) in [5, 5.41) is 0.592. The lowest BCUT2D eigenvalue weighted by Gasteiger charge is -2.29. The molecule has 4 heterocycles. The maximum Gasteiger partial charge on any atom is 0.272 e. The molecule has 128 valence electrons. The van der Waals surface area contributed by atoms with Gasteiger partial charge >= 0.3 is 0 Å². The minimum absolute atomic E-state index is 0.0227. The van der Waals surface area contributed by atoms with Crippen LogP contribution in [0.15, 0.2) is 18.3 Å². The number of hydrogen-bond acceptors (Lipinski definition) is 4. The van der Waals surface area contributed by atoms with Crippen LogP contribution in [0.3, 0.4) is 0 Å². The largest absolute Gasteiger partial charge is 0.379 e. The van der Waals surface area contributed by atoms with Gasteiger partial charge in [0.2, 0.25) is 0 Å². The second-order valence-corrected chi connectivity index (χ2v) is 7.26. The van der Waals surface area contributed by atoms with E-state index in [1.165, 1.54) is 0 Å². The Kier molecular flexibility index (Phi) is 3.98. The molecule has 0 aliphatic carbocycles. The van der Waals surface area contributed by atoms with Crippen molar-refractivity contribution < 1.29 is 9.53 Å². The molecule has 24 heavy (non-hydrogen) atoms. The summed E-state index contributed by atoms with van der Waals surface area (Å²) in [4.78, 5) is 22.0. The van der Waals surface area contributed by atoms with E-state index in [1.54, 1.807) is 16.7 Å². The summed E-state index contributed by atoms with van der Waals surface area (Å²) in [7, 11) is 2.11. The average Bonchev–Trinajstić information content (AvgIpc) is 2.64. The predicted octanol–water partition coefficient (Wildman–Crippen LogP) is 1.70. The Hall–Kier alpha value is -1.63. The maximum absolute atomic E-state index is 13.3. The fourth-order valence-corrected chi connectivity index (χ4v) is 3.92. The zero-order chi connectivity index (χ0) is 16.8. The highest BCUT2D eigenvalue weighted by atomic mass is 35.5. The molecular formula is C17H21ClN4O2. The fourth-order valence-electron chi connectivity index (χ4n) is 3.76. The zero-order valence-electron chi connectivity index (χ0n) is 13.9. The van der Waals surface area contributed by atoms with Gasteiger partial charge in [-0.15, -0.1) is 0 Å². The van der Waals surface area contributed by atoms with E-state index in [1.807, 2.05) is 17.9 Å². The van der Waals surface area contributed by atoms with Crippen LogP contribution < -0.4 is 0 Å². The van der Waals surface area contributed by atoms with E-state index in [9.17, 15) is 4.79 Å². The highest BCUT2D eigenvalue weighted by molar-refractivity contribution is 6.30. The lowest BCUT2D eigenvalue weighted by atomic mass is 10.1. The van der Waals surface area contributed by atoms with Gasteiger partial charge in [-0.25, -0.2) is 4.98 Å². The highest BCUT2D eigenvalue weighted by Crippen LogP contribution is 2.22. The molecular weight excluding hydrogens is 328 g/mol. The molecule has 2 aliphatic heterocycles. The second-order valence-electron chi connectivity index (χ2n) is 6.83. The number of aromatic nitrogens is 2. The van der Waals surface area contributed by atoms with Crippen LogP contribution in [0.4, 0.5) is 0 Å². The third kappa shape index (κ3) is 2.68. The number of amides is 1. The number of nitrogens with zero attached hydrogens (tertiary/aromatic N) is 4. The van der Waals surface area contributed by atoms with Crippen molar-refractivity contribution in [1.82, 2.24) is 19.2 Å². The Morgan fingerprint density at radius 1 is 1.29 bits per heavy atom. The summed E-state index contributed by atoms with van der Waals surface area (Å²) in [6.07, 6.45) is 1.76. The van der Waals surface area contributed by atoms with Crippen LogP contribution >= 0.6 is 11.6 Å². The monoisotopic (exact) mass is 348 g/mol. The Balaban J connectivity index is 1.71. The molecule has 0 N–H and O–H groups in total. The summed E-state index contributed by atoms with van der Waals surface area (Å²) in [5.74, 6) is 0.365. The molecule has 2 saturated heterocycles. The van der Waals surface area contributed by atoms with Crippen LogP contribution in [0, 0.1) is 12.8 Å². The first-order valence-electron chi connectivity index (χ1n) is 8.24. The van der Waals surface area contributed by atoms with Gasteiger partial charge < -0.3 is 9.64 Å². The minimum Gasteiger partial charge on any atom is -0.379 e. The molecule has 4 rings (SSSR count). The second kappa shape index (κ2) is 6.02. The maximum atomic E-state index is 13.3. The summed E-state index contributed by atoms with van der Waals surface area (Å²) in [6.45, 7) is 5.62. The van der Waals surface area contributed by atoms with Crippen molar-refractivity contribution in [3.63, 3.8) is 0 Å². The number of pyridine rings is 1. The van der Waals surface area contributed by atoms with Crippen molar-refractivity contribution in [3.8, 4) is 0 Å². The molecule has 2 atom stereocenters. The molecule has 1 amide bonds. The third-order valence-corrected chi connectivity index (χ3v) is 5.21. The third-order valence-electron chi connectivity index (χ3n) is 4.99. The van der Waals surface area contributed by atoms with Gasteiger partial charge in [0.15, 0.2) is 0 Å². The molecule has 0 spiro atoms. The van der Waals surface area contributed by atoms with Crippen LogP contribution in [-0.2, 0) is 4.74 Å². The van der Waals surface area contributed by atoms with Crippen molar-refractivity contribution in [3.05, 3.63) is 34.7 Å². The molecule has 2 bridgehead atoms. The summed E-state index contributed by atoms with van der Waals surface area (Å²) in [6, 6.07) is 3.87. The van der Waals surface area contributed by atoms with Crippen LogP contribution in [-0.4, -0.2) is 71.0 Å². The van der Waals surface area contributed by atoms with Crippen LogP contribution in [0.5, 0.6) is 0 Å². The average molecular weight is 349 g/mol. The molecule has 2 fully saturated rings. The normalized spacial score (nSPS) is 25.0. The Bertz CT molecular complexity index is 790. The van der Waals surface area contributed by atoms with Crippen molar-refractivity contribution in [2.75, 3.05) is 39.9 Å². The van der Waals surface area contributed by atoms with Gasteiger partial charge in [0.1, 0.15) is 11.3 Å². The number of carbonyl (C=O) groups excluding carboxylic acids is 1. The van der Waals surface area contributed by atoms with E-state index in [4.69, 9.17) is 16.3 Å². The predicted molar refractivity (Wildman–Crippen MR) is 91.6 cm³/mol. The Morgan fingerprint density at radius 3 is 2.96 bits per heavy atom. The topological polar surface area (TPSA) is 50.1 Å². The van der Waals surface area contributed by atoms with Crippen molar-refractivity contribution in [2.24, 2.45) is 5.92 Å². The standard InChI is InChI=1S/C17H21ClN4O2/c1-11-16(22-7-13(18)3-4-15(22)19-11)17(23)21-6-12-5-20(2)14(8-21)10-24-9-12/h3-4,7,12,14H,5-6,8-10H2,1-2H3/t12-,14+/m1/s1. The van der Waals surface area contributed by atoms with Gasteiger partial charge in [-0.2, -0.15) is 0 Å². The van der Waals surface area contributed by atoms with E-state index in [2.05, 4.69) is 16.9 Å². The number of aryl methyl sites for hydroxylation is 1. The van der Waals surface area contributed by atoms with E-state index in [0.29, 0.717) is 42.9 Å². The van der Waals surface area contributed by atoms with Gasteiger partial charge in [-0.3, -0.25) is 14.1 Å². The van der Waals surface area contributed by atoms with E-state index in [0.717, 1.165) is 17.9 Å². The van der Waals surface area contributed by atoms with Gasteiger partial charge in [0, 0.05) is 31.7 Å². The van der Waals surface area contributed by atoms with E-state index >= 15 is 0 Å². The van der Waals surface area contributed by atoms with E-state index < -0.39 is 0 Å². The first-order valence-corrected chi connectivity index (χ1v) is 8.62. The first kappa shape index (κ1) is 15.9. The smallest absolute Gasteiger partial charge is 0.272 e. The summed E-state index contributed by atoms with van der Waals surface area (Å²) >= 11 is 6.12. The lowest BCUT2D eigenvalue weighted by molar-refractivity contribution is 0.0429. The molecule has 2 aromatic heterocycles. The number of fused-ring (bicyclic) bond motifs is 4. The number of imidazole rings is 1. The number of likely N-dealkylation sites (N-methyl/N-ethyl adjacent to an activating group) is 1. The molecule has 0 radical (unpaired) electrons. The summed E-state index contributed by atoms with van der Waals surface area (Å²) < 4.78 is 7.55. The van der Waals surface area contributed by atoms with Gasteiger partial charge in [0.05, 0.1) is 30.0 Å². The van der Waals surface area contributed by atoms with Crippen molar-refractivity contribution >= 4 is 23.2 Å². The van der Waals surface area contributed by atoms with Gasteiger partial charge in [-0.1, -0.05) is 11.6 Å². The van der Waals surface area contributed by atoms with Crippen molar-refractivity contribution in [1.29, 1.82) is 0 Å². The van der Waals surface area contributed by atoms with Crippen LogP contribution in [0.25, 0.3) is 5.65 Å². The fraction of sp³-hybridized carbons (Fsp3) is 0.529. The van der Waals surface area contributed by atoms with Crippen LogP contribution in [0.1, 0.15) is 16.2 Å². The minimum atomic E-state index is 0.0227. The highest BCUT2D eigenvalue weighted by Gasteiger charge is 2.34. The quantitative estimate of drug-likeness (QED) is 0.787. The van der Waals surface area contributed by atoms with E-state index in [-0.39, 0.29) is 11.9 Å². The number of carbonyl (C=O) groups is 1. The number of ether oxygens (including phenoxy) is 1. The van der Waals surface area contributed by atoms with Crippen LogP contribution in [0.2, 0.25) is 5.02 Å². The summed E-state index contributed by atoms with van der Waals surface area (Å²) in [5.41, 5.74) is 2.09. The molecule has 2 aliphatic rings. The molecule has 7 heteroatoms. The molecule has 0 aromatic carbocycles.